The van der Waals surface area contributed by atoms with Gasteiger partial charge < -0.3 is 11.1 Å². The number of nitrogens with one attached hydrogen (secondary N) is 1. The van der Waals surface area contributed by atoms with Crippen molar-refractivity contribution in [2.75, 3.05) is 5.32 Å². The molecular formula is C12H12ClN3OS. The number of benzene rings is 1. The van der Waals surface area contributed by atoms with Gasteiger partial charge in [0.25, 0.3) is 0 Å². The normalized spacial score (nSPS) is 12.1. The molecule has 2 rings (SSSR count). The van der Waals surface area contributed by atoms with E-state index in [9.17, 15) is 4.79 Å². The van der Waals surface area contributed by atoms with E-state index >= 15 is 0 Å². The van der Waals surface area contributed by atoms with Crippen LogP contribution in [-0.4, -0.2) is 10.9 Å². The molecule has 3 N–H and O–H groups in total. The summed E-state index contributed by atoms with van der Waals surface area (Å²) in [5.74, 6) is -0.486. The molecule has 1 atom stereocenters. The van der Waals surface area contributed by atoms with Gasteiger partial charge in [0.05, 0.1) is 21.4 Å². The van der Waals surface area contributed by atoms with E-state index in [1.54, 1.807) is 12.1 Å². The Morgan fingerprint density at radius 1 is 1.50 bits per heavy atom. The van der Waals surface area contributed by atoms with Crippen LogP contribution in [0.3, 0.4) is 0 Å². The first kappa shape index (κ1) is 12.9. The van der Waals surface area contributed by atoms with Crippen LogP contribution in [-0.2, 0) is 4.79 Å². The number of hydrogen-bond donors (Lipinski definition) is 2. The fraction of sp³-hybridized carbons (Fsp3) is 0.167. The Bertz CT molecular complexity index is 570. The van der Waals surface area contributed by atoms with Crippen molar-refractivity contribution in [1.82, 2.24) is 4.98 Å². The molecule has 4 nitrogen and oxygen atoms in total. The van der Waals surface area contributed by atoms with Crippen molar-refractivity contribution in [3.8, 4) is 0 Å². The molecule has 1 amide bonds. The number of thiazole rings is 1. The lowest BCUT2D eigenvalue weighted by molar-refractivity contribution is -0.118. The largest absolute Gasteiger partial charge is 0.368 e. The second-order valence-corrected chi connectivity index (χ2v) is 5.22. The topological polar surface area (TPSA) is 68.0 Å². The first-order valence-electron chi connectivity index (χ1n) is 5.30. The van der Waals surface area contributed by atoms with E-state index in [2.05, 4.69) is 10.3 Å². The number of carbonyl (C=O) groups excluding carboxylic acids is 1. The second kappa shape index (κ2) is 5.37. The monoisotopic (exact) mass is 281 g/mol. The van der Waals surface area contributed by atoms with E-state index < -0.39 is 11.9 Å². The zero-order chi connectivity index (χ0) is 13.1. The number of anilines is 1. The Morgan fingerprint density at radius 2 is 2.22 bits per heavy atom. The van der Waals surface area contributed by atoms with Gasteiger partial charge in [0.2, 0.25) is 5.91 Å². The van der Waals surface area contributed by atoms with Gasteiger partial charge in [0.1, 0.15) is 6.04 Å². The van der Waals surface area contributed by atoms with Crippen LogP contribution >= 0.6 is 22.9 Å². The summed E-state index contributed by atoms with van der Waals surface area (Å²) in [5.41, 5.74) is 6.67. The summed E-state index contributed by atoms with van der Waals surface area (Å²) in [6.45, 7) is 1.88. The average molecular weight is 282 g/mol. The van der Waals surface area contributed by atoms with Crippen LogP contribution in [0, 0.1) is 6.92 Å². The number of rotatable bonds is 4. The van der Waals surface area contributed by atoms with Gasteiger partial charge in [-0.05, 0) is 19.1 Å². The summed E-state index contributed by atoms with van der Waals surface area (Å²) in [5, 5.41) is 6.25. The maximum Gasteiger partial charge on any atom is 0.246 e. The summed E-state index contributed by atoms with van der Waals surface area (Å²) in [7, 11) is 0. The molecule has 0 aliphatic carbocycles. The molecule has 1 aromatic carbocycles. The SMILES string of the molecule is Cc1nc(C(Nc2ccccc2Cl)C(N)=O)cs1. The van der Waals surface area contributed by atoms with Gasteiger partial charge in [-0.3, -0.25) is 4.79 Å². The van der Waals surface area contributed by atoms with E-state index in [0.717, 1.165) is 5.01 Å². The van der Waals surface area contributed by atoms with Crippen LogP contribution in [0.5, 0.6) is 0 Å². The van der Waals surface area contributed by atoms with Crippen molar-refractivity contribution in [3.05, 3.63) is 45.4 Å². The summed E-state index contributed by atoms with van der Waals surface area (Å²) < 4.78 is 0. The molecule has 0 aliphatic rings. The quantitative estimate of drug-likeness (QED) is 0.905. The maximum atomic E-state index is 11.5. The van der Waals surface area contributed by atoms with Gasteiger partial charge >= 0.3 is 0 Å². The van der Waals surface area contributed by atoms with Gasteiger partial charge in [0.15, 0.2) is 0 Å². The van der Waals surface area contributed by atoms with E-state index in [0.29, 0.717) is 16.4 Å². The molecular weight excluding hydrogens is 270 g/mol. The molecule has 0 bridgehead atoms. The van der Waals surface area contributed by atoms with E-state index in [1.807, 2.05) is 24.4 Å². The Hall–Kier alpha value is -1.59. The number of primary amides is 1. The van der Waals surface area contributed by atoms with Crippen LogP contribution < -0.4 is 11.1 Å². The van der Waals surface area contributed by atoms with Crippen molar-refractivity contribution in [3.63, 3.8) is 0 Å². The predicted molar refractivity (Wildman–Crippen MR) is 73.9 cm³/mol. The van der Waals surface area contributed by atoms with Crippen molar-refractivity contribution < 1.29 is 4.79 Å². The van der Waals surface area contributed by atoms with Crippen molar-refractivity contribution in [2.45, 2.75) is 13.0 Å². The zero-order valence-corrected chi connectivity index (χ0v) is 11.3. The van der Waals surface area contributed by atoms with Crippen LogP contribution in [0.25, 0.3) is 0 Å². The molecule has 1 unspecified atom stereocenters. The predicted octanol–water partition coefficient (Wildman–Crippen LogP) is 2.74. The number of aromatic nitrogens is 1. The van der Waals surface area contributed by atoms with Crippen LogP contribution in [0.4, 0.5) is 5.69 Å². The fourth-order valence-electron chi connectivity index (χ4n) is 1.54. The third-order valence-corrected chi connectivity index (χ3v) is 3.51. The van der Waals surface area contributed by atoms with E-state index in [-0.39, 0.29) is 0 Å². The molecule has 18 heavy (non-hydrogen) atoms. The molecule has 0 radical (unpaired) electrons. The average Bonchev–Trinajstić information content (AvgIpc) is 2.74. The molecule has 1 aromatic heterocycles. The molecule has 0 spiro atoms. The fourth-order valence-corrected chi connectivity index (χ4v) is 2.37. The minimum Gasteiger partial charge on any atom is -0.368 e. The lowest BCUT2D eigenvalue weighted by Gasteiger charge is -2.15. The number of halogens is 1. The zero-order valence-electron chi connectivity index (χ0n) is 9.68. The first-order valence-corrected chi connectivity index (χ1v) is 6.56. The highest BCUT2D eigenvalue weighted by Gasteiger charge is 2.21. The standard InChI is InChI=1S/C12H12ClN3OS/c1-7-15-10(6-18-7)11(12(14)17)16-9-5-3-2-4-8(9)13/h2-6,11,16H,1H3,(H2,14,17). The molecule has 0 fully saturated rings. The van der Waals surface area contributed by atoms with Gasteiger partial charge in [-0.25, -0.2) is 4.98 Å². The Morgan fingerprint density at radius 3 is 2.78 bits per heavy atom. The van der Waals surface area contributed by atoms with Crippen LogP contribution in [0.1, 0.15) is 16.7 Å². The molecule has 1 heterocycles. The molecule has 2 aromatic rings. The number of nitrogens with two attached hydrogens (primary N) is 1. The Balaban J connectivity index is 2.28. The van der Waals surface area contributed by atoms with Gasteiger partial charge in [-0.15, -0.1) is 11.3 Å². The smallest absolute Gasteiger partial charge is 0.246 e. The summed E-state index contributed by atoms with van der Waals surface area (Å²) >= 11 is 7.51. The Labute approximate surface area is 114 Å². The molecule has 0 saturated carbocycles. The highest BCUT2D eigenvalue weighted by atomic mass is 35.5. The lowest BCUT2D eigenvalue weighted by Crippen LogP contribution is -2.28. The van der Waals surface area contributed by atoms with Crippen molar-refractivity contribution in [1.29, 1.82) is 0 Å². The van der Waals surface area contributed by atoms with E-state index in [1.165, 1.54) is 11.3 Å². The van der Waals surface area contributed by atoms with E-state index in [4.69, 9.17) is 17.3 Å². The Kier molecular flexibility index (Phi) is 3.84. The first-order chi connectivity index (χ1) is 8.58. The van der Waals surface area contributed by atoms with Crippen molar-refractivity contribution >= 4 is 34.5 Å². The number of hydrogen-bond acceptors (Lipinski definition) is 4. The van der Waals surface area contributed by atoms with Gasteiger partial charge in [-0.1, -0.05) is 23.7 Å². The number of nitrogens with zero attached hydrogens (tertiary/aromatic N) is 1. The molecule has 6 heteroatoms. The summed E-state index contributed by atoms with van der Waals surface area (Å²) in [6, 6.07) is 6.51. The van der Waals surface area contributed by atoms with Gasteiger partial charge in [-0.2, -0.15) is 0 Å². The number of amides is 1. The number of para-hydroxylation sites is 1. The highest BCUT2D eigenvalue weighted by molar-refractivity contribution is 7.09. The maximum absolute atomic E-state index is 11.5. The van der Waals surface area contributed by atoms with Crippen LogP contribution in [0.15, 0.2) is 29.6 Å². The minimum absolute atomic E-state index is 0.486. The molecule has 94 valence electrons. The minimum atomic E-state index is -0.671. The van der Waals surface area contributed by atoms with Gasteiger partial charge in [0, 0.05) is 5.38 Å². The summed E-state index contributed by atoms with van der Waals surface area (Å²) in [6.07, 6.45) is 0. The number of carbonyl (C=O) groups is 1. The lowest BCUT2D eigenvalue weighted by atomic mass is 10.2. The molecule has 0 aliphatic heterocycles. The highest BCUT2D eigenvalue weighted by Crippen LogP contribution is 2.26. The number of aryl methyl sites for hydroxylation is 1. The van der Waals surface area contributed by atoms with Crippen molar-refractivity contribution in [2.24, 2.45) is 5.73 Å². The van der Waals surface area contributed by atoms with Crippen LogP contribution in [0.2, 0.25) is 5.02 Å². The third kappa shape index (κ3) is 2.80. The summed E-state index contributed by atoms with van der Waals surface area (Å²) in [4.78, 5) is 15.8. The second-order valence-electron chi connectivity index (χ2n) is 3.75. The molecule has 0 saturated heterocycles. The third-order valence-electron chi connectivity index (χ3n) is 2.39.